The maximum absolute atomic E-state index is 13.0. The van der Waals surface area contributed by atoms with Crippen LogP contribution in [0.1, 0.15) is 58.1 Å². The first-order valence-corrected chi connectivity index (χ1v) is 12.0. The lowest BCUT2D eigenvalue weighted by Crippen LogP contribution is -2.33. The molecular weight excluding hydrogens is 438 g/mol. The first-order chi connectivity index (χ1) is 16.6. The third-order valence-corrected chi connectivity index (χ3v) is 6.43. The fraction of sp³-hybridized carbons (Fsp3) is 0.393. The fourth-order valence-corrected chi connectivity index (χ4v) is 4.44. The SMILES string of the molecule is CCc1ccc(OC)c(C2C=C3C(=CC2CC)NC(=O)/C3=C(/C)NC(=N)/C=C\NC(C)(C)C#N)c1. The van der Waals surface area contributed by atoms with E-state index in [0.29, 0.717) is 11.3 Å². The van der Waals surface area contributed by atoms with Crippen molar-refractivity contribution >= 4 is 11.7 Å². The second kappa shape index (κ2) is 10.6. The number of ether oxygens (including phenoxy) is 1. The number of hydrogen-bond donors (Lipinski definition) is 4. The molecule has 1 heterocycles. The summed E-state index contributed by atoms with van der Waals surface area (Å²) in [5.41, 5.74) is 4.42. The van der Waals surface area contributed by atoms with Gasteiger partial charge in [-0.05, 0) is 57.2 Å². The van der Waals surface area contributed by atoms with E-state index in [4.69, 9.17) is 15.4 Å². The molecule has 1 aliphatic heterocycles. The molecule has 1 fully saturated rings. The lowest BCUT2D eigenvalue weighted by Gasteiger charge is -2.28. The molecule has 0 aromatic heterocycles. The zero-order valence-electron chi connectivity index (χ0n) is 21.4. The lowest BCUT2D eigenvalue weighted by atomic mass is 9.77. The standard InChI is InChI=1S/C28H35N5O2/c1-7-18-9-10-24(35-6)21(13-18)20-15-22-23(14-19(20)8-2)33-27(34)26(22)17(3)32-25(30)11-12-31-28(4,5)16-29/h9-15,19-20,31H,7-8H2,1-6H3,(H2,30,32)(H,33,34)/b12-11-,26-17-. The molecule has 1 aliphatic carbocycles. The quantitative estimate of drug-likeness (QED) is 0.251. The number of nitriles is 1. The largest absolute Gasteiger partial charge is 0.496 e. The summed E-state index contributed by atoms with van der Waals surface area (Å²) >= 11 is 0. The van der Waals surface area contributed by atoms with Crippen LogP contribution in [0.15, 0.2) is 65.2 Å². The zero-order chi connectivity index (χ0) is 25.8. The van der Waals surface area contributed by atoms with Crippen molar-refractivity contribution in [3.05, 3.63) is 76.3 Å². The van der Waals surface area contributed by atoms with E-state index in [9.17, 15) is 4.79 Å². The number of rotatable bonds is 8. The average molecular weight is 474 g/mol. The van der Waals surface area contributed by atoms with Crippen molar-refractivity contribution in [2.24, 2.45) is 5.92 Å². The molecule has 1 aromatic rings. The Kier molecular flexibility index (Phi) is 7.85. The highest BCUT2D eigenvalue weighted by Crippen LogP contribution is 2.44. The topological polar surface area (TPSA) is 110 Å². The number of amides is 1. The summed E-state index contributed by atoms with van der Waals surface area (Å²) in [7, 11) is 1.69. The van der Waals surface area contributed by atoms with Gasteiger partial charge in [-0.15, -0.1) is 0 Å². The van der Waals surface area contributed by atoms with Crippen molar-refractivity contribution in [2.45, 2.75) is 58.9 Å². The number of amidine groups is 1. The van der Waals surface area contributed by atoms with Crippen LogP contribution in [-0.2, 0) is 11.2 Å². The van der Waals surface area contributed by atoms with Crippen LogP contribution in [0.2, 0.25) is 0 Å². The van der Waals surface area contributed by atoms with E-state index in [-0.39, 0.29) is 23.6 Å². The van der Waals surface area contributed by atoms with Gasteiger partial charge >= 0.3 is 0 Å². The third-order valence-electron chi connectivity index (χ3n) is 6.43. The van der Waals surface area contributed by atoms with Gasteiger partial charge in [0.2, 0.25) is 0 Å². The number of carbonyl (C=O) groups is 1. The number of methoxy groups -OCH3 is 1. The van der Waals surface area contributed by atoms with E-state index >= 15 is 0 Å². The first-order valence-electron chi connectivity index (χ1n) is 12.0. The Bertz CT molecular complexity index is 1180. The molecular formula is C28H35N5O2. The van der Waals surface area contributed by atoms with E-state index in [1.807, 2.05) is 6.07 Å². The number of aryl methyl sites for hydroxylation is 1. The monoisotopic (exact) mass is 473 g/mol. The molecule has 0 bridgehead atoms. The molecule has 35 heavy (non-hydrogen) atoms. The molecule has 0 spiro atoms. The number of benzene rings is 1. The Morgan fingerprint density at radius 1 is 1.31 bits per heavy atom. The van der Waals surface area contributed by atoms with Crippen molar-refractivity contribution in [3.63, 3.8) is 0 Å². The van der Waals surface area contributed by atoms with Crippen molar-refractivity contribution in [1.82, 2.24) is 16.0 Å². The van der Waals surface area contributed by atoms with Crippen molar-refractivity contribution < 1.29 is 9.53 Å². The van der Waals surface area contributed by atoms with Gasteiger partial charge in [0, 0.05) is 34.6 Å². The minimum absolute atomic E-state index is 0.0625. The Hall–Kier alpha value is -3.79. The summed E-state index contributed by atoms with van der Waals surface area (Å²) in [5.74, 6) is 1.05. The van der Waals surface area contributed by atoms with Crippen LogP contribution in [0.3, 0.4) is 0 Å². The highest BCUT2D eigenvalue weighted by molar-refractivity contribution is 6.06. The lowest BCUT2D eigenvalue weighted by molar-refractivity contribution is -0.115. The number of hydrogen-bond acceptors (Lipinski definition) is 5. The minimum atomic E-state index is -0.733. The van der Waals surface area contributed by atoms with E-state index < -0.39 is 5.54 Å². The third kappa shape index (κ3) is 5.65. The maximum Gasteiger partial charge on any atom is 0.258 e. The molecule has 7 nitrogen and oxygen atoms in total. The van der Waals surface area contributed by atoms with E-state index in [1.54, 1.807) is 34.1 Å². The first kappa shape index (κ1) is 25.8. The van der Waals surface area contributed by atoms with E-state index in [2.05, 4.69) is 60.2 Å². The number of carbonyl (C=O) groups excluding carboxylic acids is 1. The molecule has 2 atom stereocenters. The van der Waals surface area contributed by atoms with Gasteiger partial charge in [-0.3, -0.25) is 10.2 Å². The van der Waals surface area contributed by atoms with Crippen LogP contribution in [0, 0.1) is 22.7 Å². The minimum Gasteiger partial charge on any atom is -0.496 e. The molecule has 1 aromatic carbocycles. The zero-order valence-corrected chi connectivity index (χ0v) is 21.4. The number of nitrogens with zero attached hydrogens (tertiary/aromatic N) is 1. The predicted octanol–water partition coefficient (Wildman–Crippen LogP) is 4.57. The predicted molar refractivity (Wildman–Crippen MR) is 139 cm³/mol. The van der Waals surface area contributed by atoms with Gasteiger partial charge in [-0.25, -0.2) is 0 Å². The summed E-state index contributed by atoms with van der Waals surface area (Å²) in [5, 5.41) is 26.3. The van der Waals surface area contributed by atoms with Crippen LogP contribution in [0.4, 0.5) is 0 Å². The second-order valence-corrected chi connectivity index (χ2v) is 9.40. The van der Waals surface area contributed by atoms with Crippen LogP contribution < -0.4 is 20.7 Å². The van der Waals surface area contributed by atoms with Crippen LogP contribution in [-0.4, -0.2) is 24.4 Å². The number of allylic oxidation sites excluding steroid dienone is 4. The van der Waals surface area contributed by atoms with Gasteiger partial charge in [-0.1, -0.05) is 38.1 Å². The van der Waals surface area contributed by atoms with Crippen LogP contribution >= 0.6 is 0 Å². The summed E-state index contributed by atoms with van der Waals surface area (Å²) in [6, 6.07) is 8.46. The Balaban J connectivity index is 1.95. The molecule has 2 aliphatic rings. The molecule has 3 rings (SSSR count). The average Bonchev–Trinajstić information content (AvgIpc) is 3.17. The maximum atomic E-state index is 13.0. The van der Waals surface area contributed by atoms with Gasteiger partial charge in [0.15, 0.2) is 0 Å². The number of nitrogens with one attached hydrogen (secondary N) is 4. The molecule has 1 saturated heterocycles. The summed E-state index contributed by atoms with van der Waals surface area (Å²) in [6.45, 7) is 9.58. The number of fused-ring (bicyclic) bond motifs is 1. The normalized spacial score (nSPS) is 20.9. The van der Waals surface area contributed by atoms with Crippen LogP contribution in [0.25, 0.3) is 0 Å². The van der Waals surface area contributed by atoms with Gasteiger partial charge in [0.25, 0.3) is 5.91 Å². The van der Waals surface area contributed by atoms with Crippen molar-refractivity contribution in [1.29, 1.82) is 10.7 Å². The van der Waals surface area contributed by atoms with E-state index in [0.717, 1.165) is 35.4 Å². The van der Waals surface area contributed by atoms with Gasteiger partial charge in [0.1, 0.15) is 17.1 Å². The molecule has 2 unspecified atom stereocenters. The Morgan fingerprint density at radius 3 is 2.69 bits per heavy atom. The summed E-state index contributed by atoms with van der Waals surface area (Å²) in [6.07, 6.45) is 9.25. The molecule has 184 valence electrons. The molecule has 0 radical (unpaired) electrons. The Labute approximate surface area is 208 Å². The van der Waals surface area contributed by atoms with Crippen molar-refractivity contribution in [2.75, 3.05) is 7.11 Å². The summed E-state index contributed by atoms with van der Waals surface area (Å²) in [4.78, 5) is 13.0. The molecule has 1 amide bonds. The highest BCUT2D eigenvalue weighted by Gasteiger charge is 2.36. The van der Waals surface area contributed by atoms with Gasteiger partial charge in [-0.2, -0.15) is 5.26 Å². The summed E-state index contributed by atoms with van der Waals surface area (Å²) < 4.78 is 5.70. The van der Waals surface area contributed by atoms with Crippen LogP contribution in [0.5, 0.6) is 5.75 Å². The smallest absolute Gasteiger partial charge is 0.258 e. The van der Waals surface area contributed by atoms with Crippen molar-refractivity contribution in [3.8, 4) is 11.8 Å². The fourth-order valence-electron chi connectivity index (χ4n) is 4.44. The van der Waals surface area contributed by atoms with Gasteiger partial charge < -0.3 is 20.7 Å². The van der Waals surface area contributed by atoms with Gasteiger partial charge in [0.05, 0.1) is 18.8 Å². The molecule has 7 heteroatoms. The van der Waals surface area contributed by atoms with E-state index in [1.165, 1.54) is 11.6 Å². The molecule has 0 saturated carbocycles. The molecule has 4 N–H and O–H groups in total. The second-order valence-electron chi connectivity index (χ2n) is 9.40. The Morgan fingerprint density at radius 2 is 2.06 bits per heavy atom. The highest BCUT2D eigenvalue weighted by atomic mass is 16.5.